The number of nitrogens with two attached hydrogens (primary N) is 1. The monoisotopic (exact) mass is 251 g/mol. The van der Waals surface area contributed by atoms with E-state index in [9.17, 15) is 0 Å². The number of nitrogen functional groups attached to an aromatic ring is 1. The fourth-order valence-electron chi connectivity index (χ4n) is 1.43. The lowest BCUT2D eigenvalue weighted by Gasteiger charge is -2.02. The largest absolute Gasteiger partial charge is 0.368 e. The van der Waals surface area contributed by atoms with E-state index in [1.165, 1.54) is 0 Å². The molecule has 6 heteroatoms. The molecule has 0 amide bonds. The lowest BCUT2D eigenvalue weighted by atomic mass is 10.3. The molecule has 0 unspecified atom stereocenters. The van der Waals surface area contributed by atoms with E-state index in [1.807, 2.05) is 12.1 Å². The maximum atomic E-state index is 5.92. The average molecular weight is 252 g/mol. The second kappa shape index (κ2) is 5.05. The number of anilines is 2. The summed E-state index contributed by atoms with van der Waals surface area (Å²) in [5.41, 5.74) is 6.60. The van der Waals surface area contributed by atoms with Gasteiger partial charge in [-0.05, 0) is 24.6 Å². The minimum atomic E-state index is 0.339. The Morgan fingerprint density at radius 3 is 3.00 bits per heavy atom. The van der Waals surface area contributed by atoms with Crippen LogP contribution in [0.1, 0.15) is 13.3 Å². The van der Waals surface area contributed by atoms with Gasteiger partial charge in [0.05, 0.1) is 5.69 Å². The molecule has 0 aliphatic heterocycles. The summed E-state index contributed by atoms with van der Waals surface area (Å²) in [6, 6.07) is 7.31. The second-order valence-electron chi connectivity index (χ2n) is 3.61. The summed E-state index contributed by atoms with van der Waals surface area (Å²) < 4.78 is 1.56. The van der Waals surface area contributed by atoms with Crippen LogP contribution in [0.25, 0.3) is 5.69 Å². The number of benzene rings is 1. The number of rotatable bonds is 4. The van der Waals surface area contributed by atoms with E-state index >= 15 is 0 Å². The van der Waals surface area contributed by atoms with Gasteiger partial charge in [-0.15, -0.1) is 5.10 Å². The second-order valence-corrected chi connectivity index (χ2v) is 4.05. The molecule has 0 aliphatic rings. The van der Waals surface area contributed by atoms with Crippen LogP contribution in [-0.2, 0) is 0 Å². The quantitative estimate of drug-likeness (QED) is 0.875. The lowest BCUT2D eigenvalue weighted by Crippen LogP contribution is -2.03. The molecule has 0 saturated heterocycles. The fourth-order valence-corrected chi connectivity index (χ4v) is 1.62. The van der Waals surface area contributed by atoms with Crippen LogP contribution in [-0.4, -0.2) is 21.3 Å². The Morgan fingerprint density at radius 2 is 2.29 bits per heavy atom. The molecule has 2 rings (SSSR count). The number of hydrogen-bond acceptors (Lipinski definition) is 4. The van der Waals surface area contributed by atoms with Crippen molar-refractivity contribution in [1.29, 1.82) is 0 Å². The summed E-state index contributed by atoms with van der Waals surface area (Å²) in [5.74, 6) is 0.871. The Balaban J connectivity index is 2.29. The van der Waals surface area contributed by atoms with Gasteiger partial charge in [0.2, 0.25) is 11.9 Å². The van der Waals surface area contributed by atoms with E-state index in [0.717, 1.165) is 18.7 Å². The van der Waals surface area contributed by atoms with Crippen LogP contribution in [0.15, 0.2) is 24.3 Å². The molecular weight excluding hydrogens is 238 g/mol. The number of nitrogens with zero attached hydrogens (tertiary/aromatic N) is 3. The van der Waals surface area contributed by atoms with Crippen LogP contribution < -0.4 is 11.1 Å². The molecule has 0 bridgehead atoms. The summed E-state index contributed by atoms with van der Waals surface area (Å²) in [7, 11) is 0. The third kappa shape index (κ3) is 2.68. The lowest BCUT2D eigenvalue weighted by molar-refractivity contribution is 0.880. The smallest absolute Gasteiger partial charge is 0.244 e. The van der Waals surface area contributed by atoms with Gasteiger partial charge < -0.3 is 11.1 Å². The highest BCUT2D eigenvalue weighted by Crippen LogP contribution is 2.17. The number of halogens is 1. The molecule has 0 aliphatic carbocycles. The Labute approximate surface area is 105 Å². The highest BCUT2D eigenvalue weighted by atomic mass is 35.5. The van der Waals surface area contributed by atoms with E-state index in [2.05, 4.69) is 22.3 Å². The Bertz CT molecular complexity index is 508. The molecule has 0 atom stereocenters. The summed E-state index contributed by atoms with van der Waals surface area (Å²) in [6.45, 7) is 2.89. The summed E-state index contributed by atoms with van der Waals surface area (Å²) in [6.07, 6.45) is 1.01. The van der Waals surface area contributed by atoms with Crippen molar-refractivity contribution in [2.75, 3.05) is 17.6 Å². The number of aromatic nitrogens is 3. The zero-order chi connectivity index (χ0) is 12.3. The summed E-state index contributed by atoms with van der Waals surface area (Å²) >= 11 is 5.92. The molecule has 0 saturated carbocycles. The average Bonchev–Trinajstić information content (AvgIpc) is 2.68. The standard InChI is InChI=1S/C11H14ClN5/c1-2-6-14-11-15-10(13)17(16-11)9-5-3-4-8(12)7-9/h3-5,7H,2,6H2,1H3,(H3,13,14,15,16). The predicted octanol–water partition coefficient (Wildman–Crippen LogP) is 2.32. The third-order valence-electron chi connectivity index (χ3n) is 2.22. The zero-order valence-electron chi connectivity index (χ0n) is 9.52. The highest BCUT2D eigenvalue weighted by Gasteiger charge is 2.08. The van der Waals surface area contributed by atoms with Crippen molar-refractivity contribution in [3.8, 4) is 5.69 Å². The molecule has 90 valence electrons. The van der Waals surface area contributed by atoms with E-state index in [1.54, 1.807) is 16.8 Å². The van der Waals surface area contributed by atoms with Crippen LogP contribution in [0.2, 0.25) is 5.02 Å². The fraction of sp³-hybridized carbons (Fsp3) is 0.273. The van der Waals surface area contributed by atoms with Gasteiger partial charge >= 0.3 is 0 Å². The first-order valence-electron chi connectivity index (χ1n) is 5.43. The van der Waals surface area contributed by atoms with Crippen molar-refractivity contribution in [2.45, 2.75) is 13.3 Å². The molecule has 5 nitrogen and oxygen atoms in total. The SMILES string of the molecule is CCCNc1nc(N)n(-c2cccc(Cl)c2)n1. The van der Waals surface area contributed by atoms with E-state index in [-0.39, 0.29) is 0 Å². The Morgan fingerprint density at radius 1 is 1.47 bits per heavy atom. The van der Waals surface area contributed by atoms with Crippen molar-refractivity contribution in [2.24, 2.45) is 0 Å². The van der Waals surface area contributed by atoms with E-state index < -0.39 is 0 Å². The zero-order valence-corrected chi connectivity index (χ0v) is 10.3. The van der Waals surface area contributed by atoms with Crippen LogP contribution in [0.3, 0.4) is 0 Å². The van der Waals surface area contributed by atoms with Gasteiger partial charge in [-0.1, -0.05) is 24.6 Å². The third-order valence-corrected chi connectivity index (χ3v) is 2.45. The van der Waals surface area contributed by atoms with E-state index in [0.29, 0.717) is 16.9 Å². The van der Waals surface area contributed by atoms with Crippen LogP contribution in [0.5, 0.6) is 0 Å². The molecule has 1 heterocycles. The molecule has 2 aromatic rings. The molecule has 0 spiro atoms. The molecule has 0 fully saturated rings. The first kappa shape index (κ1) is 11.7. The highest BCUT2D eigenvalue weighted by molar-refractivity contribution is 6.30. The van der Waals surface area contributed by atoms with Crippen LogP contribution in [0.4, 0.5) is 11.9 Å². The summed E-state index contributed by atoms with van der Waals surface area (Å²) in [5, 5.41) is 7.99. The predicted molar refractivity (Wildman–Crippen MR) is 69.6 cm³/mol. The maximum Gasteiger partial charge on any atom is 0.244 e. The number of hydrogen-bond donors (Lipinski definition) is 2. The molecule has 1 aromatic heterocycles. The van der Waals surface area contributed by atoms with Crippen molar-refractivity contribution in [3.63, 3.8) is 0 Å². The van der Waals surface area contributed by atoms with Crippen molar-refractivity contribution in [3.05, 3.63) is 29.3 Å². The first-order chi connectivity index (χ1) is 8.20. The molecule has 1 aromatic carbocycles. The van der Waals surface area contributed by atoms with Gasteiger partial charge in [-0.25, -0.2) is 0 Å². The molecular formula is C11H14ClN5. The molecule has 17 heavy (non-hydrogen) atoms. The van der Waals surface area contributed by atoms with Crippen molar-refractivity contribution in [1.82, 2.24) is 14.8 Å². The number of nitrogens with one attached hydrogen (secondary N) is 1. The van der Waals surface area contributed by atoms with Gasteiger partial charge in [-0.2, -0.15) is 9.67 Å². The topological polar surface area (TPSA) is 68.8 Å². The van der Waals surface area contributed by atoms with Crippen molar-refractivity contribution >= 4 is 23.5 Å². The minimum Gasteiger partial charge on any atom is -0.368 e. The van der Waals surface area contributed by atoms with Gasteiger partial charge in [-0.3, -0.25) is 0 Å². The van der Waals surface area contributed by atoms with Gasteiger partial charge in [0.1, 0.15) is 0 Å². The normalized spacial score (nSPS) is 10.5. The maximum absolute atomic E-state index is 5.92. The van der Waals surface area contributed by atoms with Gasteiger partial charge in [0.25, 0.3) is 0 Å². The van der Waals surface area contributed by atoms with Gasteiger partial charge in [0.15, 0.2) is 0 Å². The summed E-state index contributed by atoms with van der Waals surface area (Å²) in [4.78, 5) is 4.13. The van der Waals surface area contributed by atoms with Crippen LogP contribution in [0, 0.1) is 0 Å². The van der Waals surface area contributed by atoms with Crippen LogP contribution >= 0.6 is 11.6 Å². The molecule has 3 N–H and O–H groups in total. The van der Waals surface area contributed by atoms with Crippen molar-refractivity contribution < 1.29 is 0 Å². The molecule has 0 radical (unpaired) electrons. The minimum absolute atomic E-state index is 0.339. The first-order valence-corrected chi connectivity index (χ1v) is 5.81. The Hall–Kier alpha value is -1.75. The Kier molecular flexibility index (Phi) is 3.49. The van der Waals surface area contributed by atoms with E-state index in [4.69, 9.17) is 17.3 Å². The van der Waals surface area contributed by atoms with Gasteiger partial charge in [0, 0.05) is 11.6 Å².